The van der Waals surface area contributed by atoms with Crippen LogP contribution in [-0.4, -0.2) is 46.2 Å². The summed E-state index contributed by atoms with van der Waals surface area (Å²) in [4.78, 5) is 0. The van der Waals surface area contributed by atoms with Crippen molar-refractivity contribution in [3.8, 4) is 5.75 Å². The summed E-state index contributed by atoms with van der Waals surface area (Å²) in [5.41, 5.74) is 1.08. The first-order valence-electron chi connectivity index (χ1n) is 6.98. The van der Waals surface area contributed by atoms with Crippen LogP contribution in [0.2, 0.25) is 0 Å². The molecule has 0 atom stereocenters. The number of halogens is 1. The SMILES string of the molecule is C=CCOCCOCCOCCOc1ccc(CCl)cc1. The summed E-state index contributed by atoms with van der Waals surface area (Å²) in [5, 5.41) is 0. The van der Waals surface area contributed by atoms with E-state index in [1.54, 1.807) is 6.08 Å². The zero-order valence-electron chi connectivity index (χ0n) is 12.3. The van der Waals surface area contributed by atoms with E-state index in [1.165, 1.54) is 0 Å². The van der Waals surface area contributed by atoms with E-state index in [1.807, 2.05) is 24.3 Å². The van der Waals surface area contributed by atoms with Crippen LogP contribution in [0.15, 0.2) is 36.9 Å². The lowest BCUT2D eigenvalue weighted by Gasteiger charge is -2.08. The zero-order valence-corrected chi connectivity index (χ0v) is 13.0. The summed E-state index contributed by atoms with van der Waals surface area (Å²) in [6.45, 7) is 7.43. The number of ether oxygens (including phenoxy) is 4. The van der Waals surface area contributed by atoms with E-state index < -0.39 is 0 Å². The third kappa shape index (κ3) is 9.47. The van der Waals surface area contributed by atoms with Crippen LogP contribution in [0.1, 0.15) is 5.56 Å². The maximum Gasteiger partial charge on any atom is 0.119 e. The predicted octanol–water partition coefficient (Wildman–Crippen LogP) is 3.04. The van der Waals surface area contributed by atoms with Gasteiger partial charge in [0.2, 0.25) is 0 Å². The molecule has 0 amide bonds. The summed E-state index contributed by atoms with van der Waals surface area (Å²) in [7, 11) is 0. The van der Waals surface area contributed by atoms with Gasteiger partial charge in [0.15, 0.2) is 0 Å². The molecule has 0 bridgehead atoms. The van der Waals surface area contributed by atoms with Crippen molar-refractivity contribution in [1.29, 1.82) is 0 Å². The van der Waals surface area contributed by atoms with Crippen LogP contribution < -0.4 is 4.74 Å². The molecule has 0 fully saturated rings. The average molecular weight is 315 g/mol. The van der Waals surface area contributed by atoms with E-state index in [4.69, 9.17) is 30.5 Å². The molecule has 5 heteroatoms. The summed E-state index contributed by atoms with van der Waals surface area (Å²) < 4.78 is 21.5. The van der Waals surface area contributed by atoms with Gasteiger partial charge in [0.1, 0.15) is 12.4 Å². The first-order valence-corrected chi connectivity index (χ1v) is 7.52. The molecule has 0 spiro atoms. The zero-order chi connectivity index (χ0) is 15.2. The third-order valence-electron chi connectivity index (χ3n) is 2.55. The lowest BCUT2D eigenvalue weighted by atomic mass is 10.2. The minimum absolute atomic E-state index is 0.516. The van der Waals surface area contributed by atoms with E-state index in [0.29, 0.717) is 52.1 Å². The molecular weight excluding hydrogens is 292 g/mol. The second kappa shape index (κ2) is 12.7. The lowest BCUT2D eigenvalue weighted by molar-refractivity contribution is 0.0135. The van der Waals surface area contributed by atoms with Gasteiger partial charge < -0.3 is 18.9 Å². The molecule has 1 rings (SSSR count). The monoisotopic (exact) mass is 314 g/mol. The Morgan fingerprint density at radius 1 is 0.857 bits per heavy atom. The second-order valence-corrected chi connectivity index (χ2v) is 4.48. The Hall–Kier alpha value is -1.07. The molecule has 118 valence electrons. The molecule has 0 aliphatic heterocycles. The van der Waals surface area contributed by atoms with Gasteiger partial charge in [-0.05, 0) is 17.7 Å². The van der Waals surface area contributed by atoms with Crippen LogP contribution in [0, 0.1) is 0 Å². The van der Waals surface area contributed by atoms with Crippen molar-refractivity contribution in [2.75, 3.05) is 46.2 Å². The molecule has 0 saturated heterocycles. The van der Waals surface area contributed by atoms with Gasteiger partial charge in [-0.3, -0.25) is 0 Å². The minimum atomic E-state index is 0.516. The number of hydrogen-bond acceptors (Lipinski definition) is 4. The standard InChI is InChI=1S/C16H23ClO4/c1-2-7-18-8-9-19-10-11-20-12-13-21-16-5-3-15(14-17)4-6-16/h2-6H,1,7-14H2. The van der Waals surface area contributed by atoms with Crippen molar-refractivity contribution < 1.29 is 18.9 Å². The summed E-state index contributed by atoms with van der Waals surface area (Å²) >= 11 is 5.72. The Morgan fingerprint density at radius 3 is 2.00 bits per heavy atom. The van der Waals surface area contributed by atoms with Gasteiger partial charge in [-0.1, -0.05) is 18.2 Å². The Kier molecular flexibility index (Phi) is 10.8. The van der Waals surface area contributed by atoms with Crippen LogP contribution in [0.3, 0.4) is 0 Å². The smallest absolute Gasteiger partial charge is 0.119 e. The quantitative estimate of drug-likeness (QED) is 0.318. The first kappa shape index (κ1) is 18.0. The van der Waals surface area contributed by atoms with Gasteiger partial charge in [-0.2, -0.15) is 0 Å². The number of rotatable bonds is 13. The molecule has 1 aromatic rings. The minimum Gasteiger partial charge on any atom is -0.491 e. The van der Waals surface area contributed by atoms with E-state index in [2.05, 4.69) is 6.58 Å². The lowest BCUT2D eigenvalue weighted by Crippen LogP contribution is -2.12. The Labute approximate surface area is 131 Å². The van der Waals surface area contributed by atoms with Crippen LogP contribution in [0.5, 0.6) is 5.75 Å². The maximum absolute atomic E-state index is 5.72. The fourth-order valence-electron chi connectivity index (χ4n) is 1.50. The number of alkyl halides is 1. The van der Waals surface area contributed by atoms with Crippen LogP contribution in [-0.2, 0) is 20.1 Å². The first-order chi connectivity index (χ1) is 10.4. The molecule has 4 nitrogen and oxygen atoms in total. The van der Waals surface area contributed by atoms with E-state index in [9.17, 15) is 0 Å². The van der Waals surface area contributed by atoms with Gasteiger partial charge >= 0.3 is 0 Å². The highest BCUT2D eigenvalue weighted by atomic mass is 35.5. The Balaban J connectivity index is 1.89. The van der Waals surface area contributed by atoms with E-state index >= 15 is 0 Å². The van der Waals surface area contributed by atoms with Crippen molar-refractivity contribution in [3.05, 3.63) is 42.5 Å². The van der Waals surface area contributed by atoms with Gasteiger partial charge in [0, 0.05) is 5.88 Å². The molecule has 1 aromatic carbocycles. The molecule has 0 saturated carbocycles. The molecule has 0 heterocycles. The van der Waals surface area contributed by atoms with Crippen LogP contribution in [0.25, 0.3) is 0 Å². The Bertz CT molecular complexity index is 367. The summed E-state index contributed by atoms with van der Waals surface area (Å²) in [5.74, 6) is 1.34. The molecule has 0 unspecified atom stereocenters. The number of benzene rings is 1. The van der Waals surface area contributed by atoms with Crippen molar-refractivity contribution in [1.82, 2.24) is 0 Å². The molecule has 0 aliphatic carbocycles. The molecule has 0 aromatic heterocycles. The van der Waals surface area contributed by atoms with Gasteiger partial charge in [0.05, 0.1) is 39.6 Å². The maximum atomic E-state index is 5.72. The van der Waals surface area contributed by atoms with Crippen molar-refractivity contribution >= 4 is 11.6 Å². The summed E-state index contributed by atoms with van der Waals surface area (Å²) in [6.07, 6.45) is 1.71. The van der Waals surface area contributed by atoms with Crippen molar-refractivity contribution in [3.63, 3.8) is 0 Å². The topological polar surface area (TPSA) is 36.9 Å². The molecule has 21 heavy (non-hydrogen) atoms. The van der Waals surface area contributed by atoms with E-state index in [0.717, 1.165) is 11.3 Å². The van der Waals surface area contributed by atoms with Gasteiger partial charge in [0.25, 0.3) is 0 Å². The number of hydrogen-bond donors (Lipinski definition) is 0. The second-order valence-electron chi connectivity index (χ2n) is 4.21. The summed E-state index contributed by atoms with van der Waals surface area (Å²) in [6, 6.07) is 7.71. The third-order valence-corrected chi connectivity index (χ3v) is 2.86. The Morgan fingerprint density at radius 2 is 1.43 bits per heavy atom. The highest BCUT2D eigenvalue weighted by Gasteiger charge is 1.95. The van der Waals surface area contributed by atoms with Crippen LogP contribution >= 0.6 is 11.6 Å². The molecule has 0 radical (unpaired) electrons. The van der Waals surface area contributed by atoms with Gasteiger partial charge in [-0.25, -0.2) is 0 Å². The van der Waals surface area contributed by atoms with Crippen molar-refractivity contribution in [2.45, 2.75) is 5.88 Å². The normalized spacial score (nSPS) is 10.5. The average Bonchev–Trinajstić information content (AvgIpc) is 2.53. The van der Waals surface area contributed by atoms with Crippen molar-refractivity contribution in [2.24, 2.45) is 0 Å². The molecule has 0 N–H and O–H groups in total. The molecular formula is C16H23ClO4. The molecule has 0 aliphatic rings. The van der Waals surface area contributed by atoms with Gasteiger partial charge in [-0.15, -0.1) is 18.2 Å². The highest BCUT2D eigenvalue weighted by Crippen LogP contribution is 2.13. The highest BCUT2D eigenvalue weighted by molar-refractivity contribution is 6.17. The van der Waals surface area contributed by atoms with Crippen LogP contribution in [0.4, 0.5) is 0 Å². The predicted molar refractivity (Wildman–Crippen MR) is 84.1 cm³/mol. The fourth-order valence-corrected chi connectivity index (χ4v) is 1.68. The fraction of sp³-hybridized carbons (Fsp3) is 0.500. The largest absolute Gasteiger partial charge is 0.491 e. The van der Waals surface area contributed by atoms with E-state index in [-0.39, 0.29) is 0 Å².